The highest BCUT2D eigenvalue weighted by Gasteiger charge is 2.35. The van der Waals surface area contributed by atoms with Crippen molar-refractivity contribution in [3.05, 3.63) is 65.7 Å². The van der Waals surface area contributed by atoms with Crippen LogP contribution in [0.1, 0.15) is 48.9 Å². The number of amides is 1. The van der Waals surface area contributed by atoms with E-state index in [0.717, 1.165) is 30.7 Å². The highest BCUT2D eigenvalue weighted by atomic mass is 16.5. The Balaban J connectivity index is 2.01. The molecule has 1 saturated heterocycles. The summed E-state index contributed by atoms with van der Waals surface area (Å²) in [5.74, 6) is 1.00. The minimum atomic E-state index is -0.258. The molecule has 1 aliphatic rings. The number of carbonyl (C=O) groups excluding carboxylic acids is 1. The standard InChI is InChI=1S/C23H30N2O2/c1-24(2)23(26)22(19-10-6-4-7-11-19)25-17-9-5-8-12-21(25)18-13-15-20(27-3)16-14-18/h4,6-7,10-11,13-16,21-22H,5,8-9,12,17H2,1-3H3/t21-,22-/m1/s1. The topological polar surface area (TPSA) is 32.8 Å². The molecule has 1 fully saturated rings. The molecular formula is C23H30N2O2. The first-order chi connectivity index (χ1) is 13.1. The zero-order valence-electron chi connectivity index (χ0n) is 16.6. The van der Waals surface area contributed by atoms with Gasteiger partial charge in [-0.3, -0.25) is 9.69 Å². The molecule has 1 heterocycles. The lowest BCUT2D eigenvalue weighted by atomic mass is 9.96. The van der Waals surface area contributed by atoms with Gasteiger partial charge in [0.25, 0.3) is 0 Å². The van der Waals surface area contributed by atoms with Crippen LogP contribution in [0.15, 0.2) is 54.6 Å². The molecule has 4 heteroatoms. The van der Waals surface area contributed by atoms with E-state index in [1.807, 2.05) is 44.4 Å². The van der Waals surface area contributed by atoms with Gasteiger partial charge in [-0.1, -0.05) is 55.3 Å². The molecule has 1 aliphatic heterocycles. The van der Waals surface area contributed by atoms with Gasteiger partial charge in [0.1, 0.15) is 11.8 Å². The lowest BCUT2D eigenvalue weighted by molar-refractivity contribution is -0.135. The van der Waals surface area contributed by atoms with Crippen LogP contribution < -0.4 is 4.74 Å². The molecule has 0 radical (unpaired) electrons. The van der Waals surface area contributed by atoms with Crippen molar-refractivity contribution in [2.24, 2.45) is 0 Å². The van der Waals surface area contributed by atoms with Gasteiger partial charge in [-0.2, -0.15) is 0 Å². The van der Waals surface area contributed by atoms with Crippen LogP contribution in [-0.4, -0.2) is 43.5 Å². The molecule has 0 bridgehead atoms. The van der Waals surface area contributed by atoms with E-state index in [1.54, 1.807) is 12.0 Å². The largest absolute Gasteiger partial charge is 0.497 e. The van der Waals surface area contributed by atoms with Gasteiger partial charge in [-0.25, -0.2) is 0 Å². The Kier molecular flexibility index (Phi) is 6.51. The number of likely N-dealkylation sites (N-methyl/N-ethyl adjacent to an activating group) is 1. The molecule has 2 aromatic carbocycles. The van der Waals surface area contributed by atoms with Gasteiger partial charge in [0.2, 0.25) is 5.91 Å². The summed E-state index contributed by atoms with van der Waals surface area (Å²) in [5, 5.41) is 0. The van der Waals surface area contributed by atoms with Crippen molar-refractivity contribution in [2.75, 3.05) is 27.7 Å². The molecule has 144 valence electrons. The van der Waals surface area contributed by atoms with Crippen LogP contribution in [0.4, 0.5) is 0 Å². The first-order valence-corrected chi connectivity index (χ1v) is 9.77. The fraction of sp³-hybridized carbons (Fsp3) is 0.435. The number of hydrogen-bond donors (Lipinski definition) is 0. The van der Waals surface area contributed by atoms with Gasteiger partial charge in [-0.05, 0) is 42.6 Å². The van der Waals surface area contributed by atoms with Crippen LogP contribution in [0.5, 0.6) is 5.75 Å². The fourth-order valence-corrected chi connectivity index (χ4v) is 3.98. The first kappa shape index (κ1) is 19.4. The molecule has 0 unspecified atom stereocenters. The van der Waals surface area contributed by atoms with Crippen LogP contribution in [0.25, 0.3) is 0 Å². The van der Waals surface area contributed by atoms with E-state index in [1.165, 1.54) is 18.4 Å². The Morgan fingerprint density at radius 1 is 1.04 bits per heavy atom. The molecular weight excluding hydrogens is 336 g/mol. The summed E-state index contributed by atoms with van der Waals surface area (Å²) >= 11 is 0. The second kappa shape index (κ2) is 9.05. The van der Waals surface area contributed by atoms with Gasteiger partial charge in [0.15, 0.2) is 0 Å². The van der Waals surface area contributed by atoms with Crippen molar-refractivity contribution in [3.8, 4) is 5.75 Å². The molecule has 1 amide bonds. The molecule has 3 rings (SSSR count). The Hall–Kier alpha value is -2.33. The number of ether oxygens (including phenoxy) is 1. The SMILES string of the molecule is COc1ccc([C@H]2CCCCCN2[C@@H](C(=O)N(C)C)c2ccccc2)cc1. The van der Waals surface area contributed by atoms with Crippen LogP contribution in [-0.2, 0) is 4.79 Å². The number of benzene rings is 2. The van der Waals surface area contributed by atoms with Crippen LogP contribution in [0, 0.1) is 0 Å². The second-order valence-electron chi connectivity index (χ2n) is 7.42. The van der Waals surface area contributed by atoms with E-state index >= 15 is 0 Å². The zero-order chi connectivity index (χ0) is 19.2. The quantitative estimate of drug-likeness (QED) is 0.784. The van der Waals surface area contributed by atoms with Gasteiger partial charge >= 0.3 is 0 Å². The van der Waals surface area contributed by atoms with Crippen molar-refractivity contribution in [2.45, 2.75) is 37.8 Å². The molecule has 0 saturated carbocycles. The summed E-state index contributed by atoms with van der Waals surface area (Å²) in [6, 6.07) is 18.5. The van der Waals surface area contributed by atoms with E-state index < -0.39 is 0 Å². The number of rotatable bonds is 5. The lowest BCUT2D eigenvalue weighted by Crippen LogP contribution is -2.42. The summed E-state index contributed by atoms with van der Waals surface area (Å²) in [7, 11) is 5.38. The molecule has 0 aliphatic carbocycles. The lowest BCUT2D eigenvalue weighted by Gasteiger charge is -2.38. The van der Waals surface area contributed by atoms with Gasteiger partial charge in [-0.15, -0.1) is 0 Å². The van der Waals surface area contributed by atoms with Crippen molar-refractivity contribution in [1.29, 1.82) is 0 Å². The molecule has 4 nitrogen and oxygen atoms in total. The minimum absolute atomic E-state index is 0.140. The Bertz CT molecular complexity index is 728. The molecule has 0 aromatic heterocycles. The van der Waals surface area contributed by atoms with Crippen molar-refractivity contribution in [3.63, 3.8) is 0 Å². The van der Waals surface area contributed by atoms with Gasteiger partial charge in [0, 0.05) is 20.1 Å². The first-order valence-electron chi connectivity index (χ1n) is 9.77. The highest BCUT2D eigenvalue weighted by molar-refractivity contribution is 5.83. The highest BCUT2D eigenvalue weighted by Crippen LogP contribution is 2.38. The third-order valence-electron chi connectivity index (χ3n) is 5.42. The maximum Gasteiger partial charge on any atom is 0.244 e. The third kappa shape index (κ3) is 4.51. The van der Waals surface area contributed by atoms with E-state index in [9.17, 15) is 4.79 Å². The number of hydrogen-bond acceptors (Lipinski definition) is 3. The summed E-state index contributed by atoms with van der Waals surface area (Å²) < 4.78 is 5.32. The summed E-state index contributed by atoms with van der Waals surface area (Å²) in [6.07, 6.45) is 4.58. The molecule has 0 spiro atoms. The van der Waals surface area contributed by atoms with E-state index in [2.05, 4.69) is 29.2 Å². The smallest absolute Gasteiger partial charge is 0.244 e. The predicted octanol–water partition coefficient (Wildman–Crippen LogP) is 4.44. The van der Waals surface area contributed by atoms with Crippen LogP contribution in [0.2, 0.25) is 0 Å². The van der Waals surface area contributed by atoms with E-state index in [4.69, 9.17) is 4.74 Å². The molecule has 0 N–H and O–H groups in total. The molecule has 27 heavy (non-hydrogen) atoms. The molecule has 2 atom stereocenters. The molecule has 2 aromatic rings. The fourth-order valence-electron chi connectivity index (χ4n) is 3.98. The van der Waals surface area contributed by atoms with Gasteiger partial charge in [0.05, 0.1) is 7.11 Å². The van der Waals surface area contributed by atoms with Crippen molar-refractivity contribution in [1.82, 2.24) is 9.80 Å². The maximum atomic E-state index is 13.2. The Morgan fingerprint density at radius 2 is 1.74 bits per heavy atom. The van der Waals surface area contributed by atoms with Crippen LogP contribution >= 0.6 is 0 Å². The van der Waals surface area contributed by atoms with Gasteiger partial charge < -0.3 is 9.64 Å². The maximum absolute atomic E-state index is 13.2. The summed E-state index contributed by atoms with van der Waals surface area (Å²) in [4.78, 5) is 17.3. The normalized spacial score (nSPS) is 19.1. The average Bonchev–Trinajstić information content (AvgIpc) is 2.95. The second-order valence-corrected chi connectivity index (χ2v) is 7.42. The van der Waals surface area contributed by atoms with Crippen molar-refractivity contribution >= 4 is 5.91 Å². The van der Waals surface area contributed by atoms with Crippen LogP contribution in [0.3, 0.4) is 0 Å². The third-order valence-corrected chi connectivity index (χ3v) is 5.42. The summed E-state index contributed by atoms with van der Waals surface area (Å²) in [5.41, 5.74) is 2.32. The minimum Gasteiger partial charge on any atom is -0.497 e. The zero-order valence-corrected chi connectivity index (χ0v) is 16.6. The van der Waals surface area contributed by atoms with E-state index in [-0.39, 0.29) is 18.0 Å². The average molecular weight is 367 g/mol. The van der Waals surface area contributed by atoms with Crippen molar-refractivity contribution < 1.29 is 9.53 Å². The summed E-state index contributed by atoms with van der Waals surface area (Å²) in [6.45, 7) is 0.926. The predicted molar refractivity (Wildman–Crippen MR) is 109 cm³/mol. The number of carbonyl (C=O) groups is 1. The monoisotopic (exact) mass is 366 g/mol. The number of methoxy groups -OCH3 is 1. The number of nitrogens with zero attached hydrogens (tertiary/aromatic N) is 2. The number of likely N-dealkylation sites (tertiary alicyclic amines) is 1. The Labute approximate surface area is 162 Å². The Morgan fingerprint density at radius 3 is 2.37 bits per heavy atom. The van der Waals surface area contributed by atoms with E-state index in [0.29, 0.717) is 0 Å².